The van der Waals surface area contributed by atoms with Gasteiger partial charge in [-0.05, 0) is 26.8 Å². The van der Waals surface area contributed by atoms with E-state index >= 15 is 0 Å². The molecule has 0 radical (unpaired) electrons. The van der Waals surface area contributed by atoms with Crippen LogP contribution in [-0.4, -0.2) is 23.6 Å². The van der Waals surface area contributed by atoms with Crippen molar-refractivity contribution in [2.24, 2.45) is 0 Å². The van der Waals surface area contributed by atoms with Crippen LogP contribution in [0, 0.1) is 5.82 Å². The van der Waals surface area contributed by atoms with Crippen molar-refractivity contribution in [1.29, 1.82) is 0 Å². The first-order valence-corrected chi connectivity index (χ1v) is 5.97. The topological polar surface area (TPSA) is 61.4 Å². The SMILES string of the molecule is CCNC(=O)C(C)NC(C)c1ccc(F)cc1O. The summed E-state index contributed by atoms with van der Waals surface area (Å²) in [7, 11) is 0. The smallest absolute Gasteiger partial charge is 0.236 e. The minimum absolute atomic E-state index is 0.106. The molecule has 4 nitrogen and oxygen atoms in total. The van der Waals surface area contributed by atoms with Crippen LogP contribution in [0.4, 0.5) is 4.39 Å². The lowest BCUT2D eigenvalue weighted by molar-refractivity contribution is -0.122. The van der Waals surface area contributed by atoms with Gasteiger partial charge in [-0.3, -0.25) is 10.1 Å². The molecule has 0 aromatic heterocycles. The van der Waals surface area contributed by atoms with Gasteiger partial charge in [-0.15, -0.1) is 0 Å². The number of likely N-dealkylation sites (N-methyl/N-ethyl adjacent to an activating group) is 1. The van der Waals surface area contributed by atoms with E-state index in [2.05, 4.69) is 10.6 Å². The maximum absolute atomic E-state index is 12.9. The highest BCUT2D eigenvalue weighted by Crippen LogP contribution is 2.24. The summed E-state index contributed by atoms with van der Waals surface area (Å²) < 4.78 is 12.9. The Labute approximate surface area is 106 Å². The molecule has 0 saturated heterocycles. The second-order valence-electron chi connectivity index (χ2n) is 4.21. The van der Waals surface area contributed by atoms with Gasteiger partial charge >= 0.3 is 0 Å². The van der Waals surface area contributed by atoms with Gasteiger partial charge in [0.1, 0.15) is 11.6 Å². The molecule has 1 aromatic rings. The summed E-state index contributed by atoms with van der Waals surface area (Å²) >= 11 is 0. The fourth-order valence-corrected chi connectivity index (χ4v) is 1.75. The van der Waals surface area contributed by atoms with E-state index < -0.39 is 5.82 Å². The Hall–Kier alpha value is -1.62. The van der Waals surface area contributed by atoms with Crippen molar-refractivity contribution >= 4 is 5.91 Å². The van der Waals surface area contributed by atoms with Crippen LogP contribution in [0.5, 0.6) is 5.75 Å². The number of benzene rings is 1. The Kier molecular flexibility index (Phi) is 5.09. The van der Waals surface area contributed by atoms with Crippen molar-refractivity contribution in [1.82, 2.24) is 10.6 Å². The maximum Gasteiger partial charge on any atom is 0.236 e. The van der Waals surface area contributed by atoms with Gasteiger partial charge in [0.05, 0.1) is 6.04 Å². The van der Waals surface area contributed by atoms with Crippen molar-refractivity contribution in [3.63, 3.8) is 0 Å². The number of phenols is 1. The number of hydrogen-bond acceptors (Lipinski definition) is 3. The van der Waals surface area contributed by atoms with Crippen LogP contribution in [0.1, 0.15) is 32.4 Å². The largest absolute Gasteiger partial charge is 0.508 e. The predicted molar refractivity (Wildman–Crippen MR) is 67.8 cm³/mol. The monoisotopic (exact) mass is 254 g/mol. The molecule has 18 heavy (non-hydrogen) atoms. The number of halogens is 1. The summed E-state index contributed by atoms with van der Waals surface area (Å²) in [6, 6.07) is 3.22. The first-order valence-electron chi connectivity index (χ1n) is 5.97. The molecule has 2 atom stereocenters. The van der Waals surface area contributed by atoms with Gasteiger partial charge in [-0.25, -0.2) is 4.39 Å². The van der Waals surface area contributed by atoms with Crippen LogP contribution < -0.4 is 10.6 Å². The van der Waals surface area contributed by atoms with Gasteiger partial charge in [0.2, 0.25) is 5.91 Å². The first-order chi connectivity index (χ1) is 8.45. The van der Waals surface area contributed by atoms with Gasteiger partial charge in [0, 0.05) is 24.2 Å². The fourth-order valence-electron chi connectivity index (χ4n) is 1.75. The number of amides is 1. The average molecular weight is 254 g/mol. The van der Waals surface area contributed by atoms with Crippen LogP contribution in [0.3, 0.4) is 0 Å². The lowest BCUT2D eigenvalue weighted by Crippen LogP contribution is -2.43. The van der Waals surface area contributed by atoms with Crippen molar-refractivity contribution in [3.05, 3.63) is 29.6 Å². The number of hydrogen-bond donors (Lipinski definition) is 3. The molecule has 0 spiro atoms. The second kappa shape index (κ2) is 6.35. The molecule has 1 aromatic carbocycles. The summed E-state index contributed by atoms with van der Waals surface area (Å²) in [5.74, 6) is -0.704. The fraction of sp³-hybridized carbons (Fsp3) is 0.462. The van der Waals surface area contributed by atoms with Crippen LogP contribution in [0.25, 0.3) is 0 Å². The quantitative estimate of drug-likeness (QED) is 0.749. The highest BCUT2D eigenvalue weighted by atomic mass is 19.1. The van der Waals surface area contributed by atoms with Gasteiger partial charge in [-0.1, -0.05) is 6.07 Å². The van der Waals surface area contributed by atoms with Gasteiger partial charge in [-0.2, -0.15) is 0 Å². The van der Waals surface area contributed by atoms with E-state index in [4.69, 9.17) is 0 Å². The van der Waals surface area contributed by atoms with Gasteiger partial charge in [0.25, 0.3) is 0 Å². The number of carbonyl (C=O) groups excluding carboxylic acids is 1. The molecule has 2 unspecified atom stereocenters. The van der Waals surface area contributed by atoms with Crippen molar-refractivity contribution in [3.8, 4) is 5.75 Å². The molecular weight excluding hydrogens is 235 g/mol. The minimum atomic E-state index is -0.486. The standard InChI is InChI=1S/C13H19FN2O2/c1-4-15-13(18)9(3)16-8(2)11-6-5-10(14)7-12(11)17/h5-9,16-17H,4H2,1-3H3,(H,15,18). The van der Waals surface area contributed by atoms with E-state index in [0.29, 0.717) is 12.1 Å². The van der Waals surface area contributed by atoms with E-state index in [1.807, 2.05) is 13.8 Å². The van der Waals surface area contributed by atoms with E-state index in [-0.39, 0.29) is 23.7 Å². The molecule has 0 aliphatic heterocycles. The van der Waals surface area contributed by atoms with Gasteiger partial charge < -0.3 is 10.4 Å². The van der Waals surface area contributed by atoms with Crippen molar-refractivity contribution < 1.29 is 14.3 Å². The molecule has 0 saturated carbocycles. The predicted octanol–water partition coefficient (Wildman–Crippen LogP) is 1.71. The number of phenolic OH excluding ortho intramolecular Hbond substituents is 1. The number of nitrogens with one attached hydrogen (secondary N) is 2. The highest BCUT2D eigenvalue weighted by molar-refractivity contribution is 5.81. The van der Waals surface area contributed by atoms with Gasteiger partial charge in [0.15, 0.2) is 0 Å². The third kappa shape index (κ3) is 3.70. The lowest BCUT2D eigenvalue weighted by Gasteiger charge is -2.20. The molecule has 1 rings (SSSR count). The molecule has 0 fully saturated rings. The number of aromatic hydroxyl groups is 1. The first kappa shape index (κ1) is 14.4. The molecule has 3 N–H and O–H groups in total. The molecule has 0 aliphatic rings. The van der Waals surface area contributed by atoms with E-state index in [9.17, 15) is 14.3 Å². The Morgan fingerprint density at radius 3 is 2.67 bits per heavy atom. The Bertz CT molecular complexity index is 423. The molecule has 0 aliphatic carbocycles. The number of rotatable bonds is 5. The molecule has 0 heterocycles. The third-order valence-corrected chi connectivity index (χ3v) is 2.70. The van der Waals surface area contributed by atoms with Crippen LogP contribution >= 0.6 is 0 Å². The lowest BCUT2D eigenvalue weighted by atomic mass is 10.1. The van der Waals surface area contributed by atoms with Crippen LogP contribution in [-0.2, 0) is 4.79 Å². The molecule has 100 valence electrons. The van der Waals surface area contributed by atoms with Crippen LogP contribution in [0.15, 0.2) is 18.2 Å². The number of carbonyl (C=O) groups is 1. The summed E-state index contributed by atoms with van der Waals surface area (Å²) in [6.45, 7) is 5.96. The van der Waals surface area contributed by atoms with E-state index in [0.717, 1.165) is 6.07 Å². The molecular formula is C13H19FN2O2. The highest BCUT2D eigenvalue weighted by Gasteiger charge is 2.17. The second-order valence-corrected chi connectivity index (χ2v) is 4.21. The summed E-state index contributed by atoms with van der Waals surface area (Å²) in [5, 5.41) is 15.4. The zero-order valence-corrected chi connectivity index (χ0v) is 10.8. The van der Waals surface area contributed by atoms with Crippen LogP contribution in [0.2, 0.25) is 0 Å². The molecule has 5 heteroatoms. The van der Waals surface area contributed by atoms with E-state index in [1.165, 1.54) is 12.1 Å². The normalized spacial score (nSPS) is 14.0. The average Bonchev–Trinajstić information content (AvgIpc) is 2.28. The van der Waals surface area contributed by atoms with Crippen molar-refractivity contribution in [2.75, 3.05) is 6.54 Å². The summed E-state index contributed by atoms with van der Waals surface area (Å²) in [5.41, 5.74) is 0.563. The van der Waals surface area contributed by atoms with E-state index in [1.54, 1.807) is 6.92 Å². The maximum atomic E-state index is 12.9. The Balaban J connectivity index is 2.70. The zero-order chi connectivity index (χ0) is 13.7. The molecule has 0 bridgehead atoms. The van der Waals surface area contributed by atoms with Crippen molar-refractivity contribution in [2.45, 2.75) is 32.9 Å². The Morgan fingerprint density at radius 1 is 1.44 bits per heavy atom. The summed E-state index contributed by atoms with van der Waals surface area (Å²) in [4.78, 5) is 11.6. The Morgan fingerprint density at radius 2 is 2.11 bits per heavy atom. The summed E-state index contributed by atoms with van der Waals surface area (Å²) in [6.07, 6.45) is 0. The molecule has 1 amide bonds. The third-order valence-electron chi connectivity index (χ3n) is 2.70. The minimum Gasteiger partial charge on any atom is -0.508 e. The zero-order valence-electron chi connectivity index (χ0n) is 10.8.